The molecule has 2 aromatic carbocycles. The molecule has 2 spiro atoms. The Labute approximate surface area is 627 Å². The number of benzene rings is 2. The van der Waals surface area contributed by atoms with Crippen molar-refractivity contribution in [2.45, 2.75) is 253 Å². The fourth-order valence-electron chi connectivity index (χ4n) is 15.8. The Morgan fingerprint density at radius 2 is 1.03 bits per heavy atom. The van der Waals surface area contributed by atoms with Gasteiger partial charge in [0, 0.05) is 58.9 Å². The maximum atomic E-state index is 14.6. The first kappa shape index (κ1) is 80.8. The number of carbonyl (C=O) groups excluding carboxylic acids is 6. The van der Waals surface area contributed by atoms with Crippen LogP contribution < -0.4 is 34.1 Å². The van der Waals surface area contributed by atoms with Crippen LogP contribution in [0.2, 0.25) is 0 Å². The molecule has 6 heterocycles. The van der Waals surface area contributed by atoms with Gasteiger partial charge in [-0.1, -0.05) is 91.5 Å². The number of ketones is 1. The summed E-state index contributed by atoms with van der Waals surface area (Å²) >= 11 is 0. The predicted molar refractivity (Wildman–Crippen MR) is 410 cm³/mol. The zero-order valence-corrected chi connectivity index (χ0v) is 65.8. The SMILES string of the molecule is C=CCCCCC[C@H](C)C(=O)N1C[C@@]2(CCc3c(c(C(C)C)nc4ccc(OC)cc34)O2)C[C@H]1C(=O)C[C@]1(C(=O)NS(=O)(=O)C2(C)CC2)C[C@H]1C=C.C=CCCCCC[C@H](C)C(=O)N1C[C@@]2(CCc3c(c(C(C)C)nc4ccc(OC)cc34)O2)C[C@H]1C(=O)OC.C=C[C@@H]1C[C@]1(N)C(=O)NS(=O)(=O)C1(C)CC1. The molecule has 0 unspecified atom stereocenters. The zero-order valence-electron chi connectivity index (χ0n) is 64.2. The number of esters is 1. The molecule has 4 aliphatic carbocycles. The van der Waals surface area contributed by atoms with Gasteiger partial charge in [0.1, 0.15) is 45.8 Å². The number of unbranched alkanes of at least 4 members (excludes halogenated alkanes) is 6. The van der Waals surface area contributed by atoms with E-state index in [0.717, 1.165) is 126 Å². The van der Waals surface area contributed by atoms with Crippen LogP contribution in [0.5, 0.6) is 23.0 Å². The third kappa shape index (κ3) is 16.6. The van der Waals surface area contributed by atoms with Gasteiger partial charge in [0.2, 0.25) is 37.8 Å². The summed E-state index contributed by atoms with van der Waals surface area (Å²) in [5, 5.41) is 1.99. The molecule has 8 aliphatic rings. The predicted octanol–water partition coefficient (Wildman–Crippen LogP) is 12.8. The maximum Gasteiger partial charge on any atom is 0.328 e. The van der Waals surface area contributed by atoms with E-state index in [4.69, 9.17) is 39.4 Å². The number of rotatable bonds is 30. The van der Waals surface area contributed by atoms with Crippen molar-refractivity contribution in [3.8, 4) is 23.0 Å². The van der Waals surface area contributed by atoms with Crippen molar-refractivity contribution in [1.82, 2.24) is 29.2 Å². The van der Waals surface area contributed by atoms with E-state index in [-0.39, 0.29) is 78.5 Å². The Bertz CT molecular complexity index is 4320. The molecule has 4 aliphatic heterocycles. The molecular formula is C82H113N7O15S2. The molecule has 4 saturated carbocycles. The standard InChI is InChI=1S/C41H55N3O7S.C31H42N2O5.C10H16N2O3S/c1-8-10-11-12-13-14-27(5)37(46)44-25-40(18-17-30-31-21-29(50-7)15-16-32(31)42-35(26(3)4)36(30)51-40)23-33(44)34(45)24-41(22-28(41)9-2)38(47)43-52(48,49)39(6)19-20-39;1-7-8-9-10-11-12-21(4)29(34)33-19-31(18-26(33)30(35)37-6)16-15-23-24-17-22(36-5)13-14-25(24)32-27(20(2)3)28(23)38-31;1-3-7-6-10(7,11)8(13)12-16(14,15)9(2)4-5-9/h8-9,15-16,21,26-28,33H,1-2,10-14,17-20,22-25H2,3-7H3,(H,43,47);7,13-14,17,20-21,26H,1,8-12,15-16,18-19H2,2-6H3;3,7H,1,4-6,11H2,2H3,(H,12,13)/t27-,28+,33-,40+,41+;21-,26-,31+;7-,10-/m001/s1. The second-order valence-electron chi connectivity index (χ2n) is 32.5. The van der Waals surface area contributed by atoms with Crippen LogP contribution in [0.3, 0.4) is 0 Å². The molecule has 10 atom stereocenters. The number of hydrogen-bond donors (Lipinski definition) is 3. The minimum Gasteiger partial charge on any atom is -0.497 e. The highest BCUT2D eigenvalue weighted by Gasteiger charge is 2.64. The number of ether oxygens (including phenoxy) is 5. The first-order valence-corrected chi connectivity index (χ1v) is 41.1. The molecule has 12 rings (SSSR count). The van der Waals surface area contributed by atoms with E-state index in [1.54, 1.807) is 50.0 Å². The Morgan fingerprint density at radius 1 is 0.594 bits per heavy atom. The zero-order chi connectivity index (χ0) is 77.3. The van der Waals surface area contributed by atoms with Gasteiger partial charge in [-0.05, 0) is 171 Å². The van der Waals surface area contributed by atoms with E-state index in [1.807, 2.05) is 62.4 Å². The van der Waals surface area contributed by atoms with Crippen LogP contribution in [0.4, 0.5) is 0 Å². The minimum absolute atomic E-state index is 0.000786. The number of nitrogens with one attached hydrogen (secondary N) is 2. The number of Topliss-reactive ketones (excluding diaryl/α,β-unsaturated/α-hetero) is 1. The molecule has 4 N–H and O–H groups in total. The number of nitrogens with zero attached hydrogens (tertiary/aromatic N) is 4. The van der Waals surface area contributed by atoms with E-state index in [0.29, 0.717) is 82.9 Å². The van der Waals surface area contributed by atoms with Gasteiger partial charge in [-0.3, -0.25) is 33.4 Å². The second-order valence-corrected chi connectivity index (χ2v) is 36.9. The Hall–Kier alpha value is -7.70. The topological polar surface area (TPSA) is 299 Å². The van der Waals surface area contributed by atoms with Crippen molar-refractivity contribution in [1.29, 1.82) is 0 Å². The van der Waals surface area contributed by atoms with Crippen molar-refractivity contribution in [2.24, 2.45) is 34.8 Å². The highest BCUT2D eigenvalue weighted by Crippen LogP contribution is 2.58. The number of amides is 4. The molecular weight excluding hydrogens is 1390 g/mol. The van der Waals surface area contributed by atoms with E-state index in [2.05, 4.69) is 63.5 Å². The molecule has 4 amide bonds. The second kappa shape index (κ2) is 31.9. The number of pyridine rings is 2. The van der Waals surface area contributed by atoms with Gasteiger partial charge in [0.15, 0.2) is 5.78 Å². The smallest absolute Gasteiger partial charge is 0.328 e. The maximum absolute atomic E-state index is 14.6. The summed E-state index contributed by atoms with van der Waals surface area (Å²) in [5.41, 5.74) is 7.70. The fourth-order valence-corrected chi connectivity index (χ4v) is 18.5. The highest BCUT2D eigenvalue weighted by atomic mass is 32.2. The molecule has 4 aromatic rings. The molecule has 2 saturated heterocycles. The number of likely N-dealkylation sites (tertiary alicyclic amines) is 2. The summed E-state index contributed by atoms with van der Waals surface area (Å²) in [6.07, 6.45) is 22.7. The van der Waals surface area contributed by atoms with Gasteiger partial charge in [0.25, 0.3) is 5.91 Å². The molecule has 2 aromatic heterocycles. The van der Waals surface area contributed by atoms with Crippen molar-refractivity contribution in [2.75, 3.05) is 34.4 Å². The first-order valence-electron chi connectivity index (χ1n) is 38.1. The molecule has 578 valence electrons. The lowest BCUT2D eigenvalue weighted by Gasteiger charge is -2.37. The Morgan fingerprint density at radius 3 is 1.42 bits per heavy atom. The van der Waals surface area contributed by atoms with Crippen molar-refractivity contribution in [3.05, 3.63) is 110 Å². The van der Waals surface area contributed by atoms with Gasteiger partial charge in [-0.2, -0.15) is 0 Å². The Balaban J connectivity index is 0.000000193. The summed E-state index contributed by atoms with van der Waals surface area (Å²) in [4.78, 5) is 94.2. The van der Waals surface area contributed by atoms with Gasteiger partial charge >= 0.3 is 5.97 Å². The van der Waals surface area contributed by atoms with Crippen molar-refractivity contribution < 1.29 is 69.3 Å². The van der Waals surface area contributed by atoms with Crippen LogP contribution >= 0.6 is 0 Å². The summed E-state index contributed by atoms with van der Waals surface area (Å²) in [6.45, 7) is 31.1. The monoisotopic (exact) mass is 1500 g/mol. The largest absolute Gasteiger partial charge is 0.497 e. The number of sulfonamides is 2. The number of hydrogen-bond acceptors (Lipinski definition) is 18. The third-order valence-corrected chi connectivity index (χ3v) is 28.2. The van der Waals surface area contributed by atoms with Crippen LogP contribution in [-0.2, 0) is 66.4 Å². The van der Waals surface area contributed by atoms with Crippen molar-refractivity contribution in [3.63, 3.8) is 0 Å². The molecule has 6 fully saturated rings. The number of aryl methyl sites for hydroxylation is 2. The van der Waals surface area contributed by atoms with Crippen LogP contribution in [-0.4, -0.2) is 145 Å². The van der Waals surface area contributed by atoms with E-state index in [9.17, 15) is 45.6 Å². The van der Waals surface area contributed by atoms with Gasteiger partial charge in [-0.25, -0.2) is 31.6 Å². The van der Waals surface area contributed by atoms with E-state index in [1.165, 1.54) is 7.11 Å². The highest BCUT2D eigenvalue weighted by molar-refractivity contribution is 7.92. The molecule has 106 heavy (non-hydrogen) atoms. The number of methoxy groups -OCH3 is 3. The third-order valence-electron chi connectivity index (χ3n) is 23.9. The molecule has 24 heteroatoms. The van der Waals surface area contributed by atoms with E-state index >= 15 is 0 Å². The summed E-state index contributed by atoms with van der Waals surface area (Å²) < 4.78 is 82.4. The van der Waals surface area contributed by atoms with Crippen LogP contribution in [0, 0.1) is 29.1 Å². The van der Waals surface area contributed by atoms with Gasteiger partial charge < -0.3 is 39.2 Å². The first-order chi connectivity index (χ1) is 50.1. The van der Waals surface area contributed by atoms with Crippen LogP contribution in [0.15, 0.2) is 87.0 Å². The number of aromatic nitrogens is 2. The van der Waals surface area contributed by atoms with Crippen LogP contribution in [0.25, 0.3) is 21.8 Å². The average Bonchev–Trinajstić information content (AvgIpc) is 1.47. The van der Waals surface area contributed by atoms with E-state index < -0.39 is 75.6 Å². The minimum atomic E-state index is -3.90. The summed E-state index contributed by atoms with van der Waals surface area (Å²) in [6, 6.07) is 10.3. The number of nitrogens with two attached hydrogens (primary N) is 1. The van der Waals surface area contributed by atoms with Crippen molar-refractivity contribution >= 4 is 77.2 Å². The number of fused-ring (bicyclic) bond motifs is 6. The van der Waals surface area contributed by atoms with Gasteiger partial charge in [-0.15, -0.1) is 26.3 Å². The fraction of sp³-hybridized carbons (Fsp3) is 0.610. The number of allylic oxidation sites excluding steroid dienone is 3. The molecule has 0 bridgehead atoms. The quantitative estimate of drug-likeness (QED) is 0.0248. The lowest BCUT2D eigenvalue weighted by molar-refractivity contribution is -0.152. The average molecular weight is 1500 g/mol. The summed E-state index contributed by atoms with van der Waals surface area (Å²) in [7, 11) is -2.79. The van der Waals surface area contributed by atoms with Gasteiger partial charge in [0.05, 0.1) is 77.8 Å². The lowest BCUT2D eigenvalue weighted by Crippen LogP contribution is -2.49. The normalized spacial score (nSPS) is 25.9. The molecule has 0 radical (unpaired) electrons. The molecule has 22 nitrogen and oxygen atoms in total. The lowest BCUT2D eigenvalue weighted by atomic mass is 9.84. The van der Waals surface area contributed by atoms with Crippen LogP contribution in [0.1, 0.15) is 225 Å². The summed E-state index contributed by atoms with van der Waals surface area (Å²) in [5.74, 6) is 0.302. The Kier molecular flexibility index (Phi) is 24.3. The number of carbonyl (C=O) groups is 6.